The molecule has 118 valence electrons. The summed E-state index contributed by atoms with van der Waals surface area (Å²) in [6.07, 6.45) is 1.92. The van der Waals surface area contributed by atoms with Crippen LogP contribution in [0.1, 0.15) is 30.9 Å². The zero-order valence-corrected chi connectivity index (χ0v) is 14.0. The summed E-state index contributed by atoms with van der Waals surface area (Å²) in [5.41, 5.74) is 4.93. The van der Waals surface area contributed by atoms with Crippen molar-refractivity contribution in [1.29, 1.82) is 0 Å². The lowest BCUT2D eigenvalue weighted by Gasteiger charge is -2.10. The van der Waals surface area contributed by atoms with Crippen molar-refractivity contribution in [1.82, 2.24) is 9.55 Å². The Labute approximate surface area is 138 Å². The van der Waals surface area contributed by atoms with E-state index >= 15 is 0 Å². The zero-order valence-electron chi connectivity index (χ0n) is 14.0. The van der Waals surface area contributed by atoms with Crippen molar-refractivity contribution in [3.8, 4) is 11.3 Å². The smallest absolute Gasteiger partial charge is 0.203 e. The van der Waals surface area contributed by atoms with E-state index in [1.165, 1.54) is 16.7 Å². The molecule has 0 aliphatic carbocycles. The van der Waals surface area contributed by atoms with Gasteiger partial charge in [-0.25, -0.2) is 4.98 Å². The average molecular weight is 305 g/mol. The normalized spacial score (nSPS) is 11.0. The van der Waals surface area contributed by atoms with Crippen LogP contribution in [0.25, 0.3) is 11.3 Å². The quantitative estimate of drug-likeness (QED) is 0.732. The fourth-order valence-corrected chi connectivity index (χ4v) is 2.65. The lowest BCUT2D eigenvalue weighted by atomic mass is 10.0. The summed E-state index contributed by atoms with van der Waals surface area (Å²) in [6.45, 7) is 5.20. The molecular formula is C20H23N3. The monoisotopic (exact) mass is 305 g/mol. The molecule has 0 unspecified atom stereocenters. The Morgan fingerprint density at radius 2 is 1.70 bits per heavy atom. The molecule has 0 saturated carbocycles. The Morgan fingerprint density at radius 1 is 1.00 bits per heavy atom. The van der Waals surface area contributed by atoms with Crippen LogP contribution in [0.4, 0.5) is 5.95 Å². The molecule has 0 saturated heterocycles. The number of benzene rings is 2. The van der Waals surface area contributed by atoms with E-state index in [1.807, 2.05) is 31.4 Å². The third kappa shape index (κ3) is 3.45. The van der Waals surface area contributed by atoms with Crippen molar-refractivity contribution in [2.75, 3.05) is 5.32 Å². The van der Waals surface area contributed by atoms with Gasteiger partial charge < -0.3 is 9.88 Å². The second-order valence-corrected chi connectivity index (χ2v) is 6.14. The van der Waals surface area contributed by atoms with Gasteiger partial charge >= 0.3 is 0 Å². The second kappa shape index (κ2) is 6.69. The van der Waals surface area contributed by atoms with Crippen LogP contribution in [-0.4, -0.2) is 9.55 Å². The number of imidazole rings is 1. The number of aromatic nitrogens is 2. The Balaban J connectivity index is 1.70. The summed E-state index contributed by atoms with van der Waals surface area (Å²) in [5.74, 6) is 1.46. The molecule has 1 aromatic heterocycles. The minimum absolute atomic E-state index is 0.569. The number of hydrogen-bond donors (Lipinski definition) is 1. The first-order chi connectivity index (χ1) is 11.1. The number of hydrogen-bond acceptors (Lipinski definition) is 2. The Morgan fingerprint density at radius 3 is 2.35 bits per heavy atom. The molecule has 3 aromatic rings. The van der Waals surface area contributed by atoms with Gasteiger partial charge in [0.15, 0.2) is 0 Å². The van der Waals surface area contributed by atoms with Crippen LogP contribution in [0.5, 0.6) is 0 Å². The van der Waals surface area contributed by atoms with Gasteiger partial charge in [0.1, 0.15) is 0 Å². The molecule has 3 rings (SSSR count). The highest BCUT2D eigenvalue weighted by Crippen LogP contribution is 2.22. The summed E-state index contributed by atoms with van der Waals surface area (Å²) in [5, 5.41) is 3.42. The topological polar surface area (TPSA) is 29.9 Å². The standard InChI is InChI=1S/C20H23N3/c1-15(2)17-11-9-16(10-12-17)13-21-20-22-14-19(23(20)3)18-7-5-4-6-8-18/h4-12,14-15H,13H2,1-3H3,(H,21,22). The van der Waals surface area contributed by atoms with Crippen molar-refractivity contribution >= 4 is 5.95 Å². The van der Waals surface area contributed by atoms with Crippen LogP contribution in [-0.2, 0) is 13.6 Å². The predicted octanol–water partition coefficient (Wildman–Crippen LogP) is 4.82. The van der Waals surface area contributed by atoms with Crippen LogP contribution in [0.15, 0.2) is 60.8 Å². The fourth-order valence-electron chi connectivity index (χ4n) is 2.65. The molecule has 1 heterocycles. The van der Waals surface area contributed by atoms with Gasteiger partial charge in [-0.2, -0.15) is 0 Å². The molecular weight excluding hydrogens is 282 g/mol. The highest BCUT2D eigenvalue weighted by Gasteiger charge is 2.08. The number of nitrogens with one attached hydrogen (secondary N) is 1. The SMILES string of the molecule is CC(C)c1ccc(CNc2ncc(-c3ccccc3)n2C)cc1. The van der Waals surface area contributed by atoms with Gasteiger partial charge in [0, 0.05) is 13.6 Å². The maximum absolute atomic E-state index is 4.50. The molecule has 0 radical (unpaired) electrons. The van der Waals surface area contributed by atoms with Gasteiger partial charge in [-0.15, -0.1) is 0 Å². The van der Waals surface area contributed by atoms with Crippen molar-refractivity contribution in [3.63, 3.8) is 0 Å². The number of rotatable bonds is 5. The lowest BCUT2D eigenvalue weighted by Crippen LogP contribution is -2.05. The molecule has 0 spiro atoms. The lowest BCUT2D eigenvalue weighted by molar-refractivity contribution is 0.864. The third-order valence-corrected chi connectivity index (χ3v) is 4.15. The van der Waals surface area contributed by atoms with E-state index in [9.17, 15) is 0 Å². The van der Waals surface area contributed by atoms with Gasteiger partial charge in [-0.3, -0.25) is 0 Å². The van der Waals surface area contributed by atoms with Crippen LogP contribution < -0.4 is 5.32 Å². The summed E-state index contributed by atoms with van der Waals surface area (Å²) in [4.78, 5) is 4.50. The molecule has 0 atom stereocenters. The first-order valence-electron chi connectivity index (χ1n) is 8.05. The first-order valence-corrected chi connectivity index (χ1v) is 8.05. The first kappa shape index (κ1) is 15.3. The van der Waals surface area contributed by atoms with Gasteiger partial charge in [0.2, 0.25) is 5.95 Å². The van der Waals surface area contributed by atoms with Crippen molar-refractivity contribution in [2.45, 2.75) is 26.3 Å². The molecule has 1 N–H and O–H groups in total. The van der Waals surface area contributed by atoms with Crippen LogP contribution >= 0.6 is 0 Å². The molecule has 0 bridgehead atoms. The molecule has 0 aliphatic rings. The van der Waals surface area contributed by atoms with Crippen molar-refractivity contribution in [2.24, 2.45) is 7.05 Å². The van der Waals surface area contributed by atoms with Gasteiger partial charge in [0.05, 0.1) is 11.9 Å². The van der Waals surface area contributed by atoms with Crippen LogP contribution in [0, 0.1) is 0 Å². The summed E-state index contributed by atoms with van der Waals surface area (Å²) < 4.78 is 2.10. The highest BCUT2D eigenvalue weighted by molar-refractivity contribution is 5.61. The van der Waals surface area contributed by atoms with E-state index in [-0.39, 0.29) is 0 Å². The van der Waals surface area contributed by atoms with E-state index in [0.29, 0.717) is 5.92 Å². The van der Waals surface area contributed by atoms with Gasteiger partial charge in [0.25, 0.3) is 0 Å². The van der Waals surface area contributed by atoms with E-state index in [4.69, 9.17) is 0 Å². The number of nitrogens with zero attached hydrogens (tertiary/aromatic N) is 2. The Hall–Kier alpha value is -2.55. The van der Waals surface area contributed by atoms with Crippen LogP contribution in [0.3, 0.4) is 0 Å². The van der Waals surface area contributed by atoms with Crippen molar-refractivity contribution < 1.29 is 0 Å². The predicted molar refractivity (Wildman–Crippen MR) is 96.5 cm³/mol. The molecule has 0 aliphatic heterocycles. The average Bonchev–Trinajstić information content (AvgIpc) is 2.95. The van der Waals surface area contributed by atoms with E-state index in [0.717, 1.165) is 18.2 Å². The maximum Gasteiger partial charge on any atom is 0.203 e. The van der Waals surface area contributed by atoms with Crippen molar-refractivity contribution in [3.05, 3.63) is 71.9 Å². The molecule has 0 fully saturated rings. The van der Waals surface area contributed by atoms with Gasteiger partial charge in [-0.1, -0.05) is 68.4 Å². The largest absolute Gasteiger partial charge is 0.352 e. The molecule has 0 amide bonds. The molecule has 3 heteroatoms. The Bertz CT molecular complexity index is 755. The zero-order chi connectivity index (χ0) is 16.2. The minimum Gasteiger partial charge on any atom is -0.352 e. The summed E-state index contributed by atoms with van der Waals surface area (Å²) >= 11 is 0. The third-order valence-electron chi connectivity index (χ3n) is 4.15. The minimum atomic E-state index is 0.569. The fraction of sp³-hybridized carbons (Fsp3) is 0.250. The second-order valence-electron chi connectivity index (χ2n) is 6.14. The maximum atomic E-state index is 4.50. The van der Waals surface area contributed by atoms with Gasteiger partial charge in [-0.05, 0) is 22.6 Å². The molecule has 3 nitrogen and oxygen atoms in total. The van der Waals surface area contributed by atoms with E-state index in [2.05, 4.69) is 65.1 Å². The summed E-state index contributed by atoms with van der Waals surface area (Å²) in [7, 11) is 2.04. The Kier molecular flexibility index (Phi) is 4.47. The number of anilines is 1. The van der Waals surface area contributed by atoms with E-state index < -0.39 is 0 Å². The summed E-state index contributed by atoms with van der Waals surface area (Å²) in [6, 6.07) is 19.1. The van der Waals surface area contributed by atoms with E-state index in [1.54, 1.807) is 0 Å². The van der Waals surface area contributed by atoms with Crippen LogP contribution in [0.2, 0.25) is 0 Å². The molecule has 23 heavy (non-hydrogen) atoms. The molecule has 2 aromatic carbocycles. The highest BCUT2D eigenvalue weighted by atomic mass is 15.2.